The van der Waals surface area contributed by atoms with E-state index in [-0.39, 0.29) is 0 Å². The number of hydrogen-bond donors (Lipinski definition) is 0. The molecular formula is C29H51N3O3. The van der Waals surface area contributed by atoms with E-state index in [1.807, 2.05) is 0 Å². The van der Waals surface area contributed by atoms with E-state index in [1.54, 1.807) is 0 Å². The van der Waals surface area contributed by atoms with E-state index < -0.39 is 0 Å². The largest absolute Gasteiger partial charge is 0.375 e. The molecular weight excluding hydrogens is 438 g/mol. The van der Waals surface area contributed by atoms with Gasteiger partial charge >= 0.3 is 0 Å². The Morgan fingerprint density at radius 2 is 1.54 bits per heavy atom. The lowest BCUT2D eigenvalue weighted by molar-refractivity contribution is -0.143. The number of fused-ring (bicyclic) bond motifs is 4. The molecule has 10 atom stereocenters. The zero-order chi connectivity index (χ0) is 24.1. The van der Waals surface area contributed by atoms with Crippen LogP contribution in [0.3, 0.4) is 0 Å². The predicted octanol–water partition coefficient (Wildman–Crippen LogP) is 3.92. The first-order valence-corrected chi connectivity index (χ1v) is 15.1. The molecule has 6 heteroatoms. The van der Waals surface area contributed by atoms with E-state index in [4.69, 9.17) is 14.2 Å². The maximum Gasteiger partial charge on any atom is 0.0734 e. The van der Waals surface area contributed by atoms with Crippen molar-refractivity contribution in [1.82, 2.24) is 14.7 Å². The SMILES string of the molecule is CC(CCC(C)N1CCOC2CC(C3COC4CCCCC4N3C(C)C)CC21)N1CC2CC1CO2. The summed E-state index contributed by atoms with van der Waals surface area (Å²) in [6.07, 6.45) is 13.0. The molecule has 2 aliphatic carbocycles. The van der Waals surface area contributed by atoms with E-state index in [2.05, 4.69) is 42.4 Å². The molecule has 2 bridgehead atoms. The highest BCUT2D eigenvalue weighted by Gasteiger charge is 2.50. The second-order valence-corrected chi connectivity index (χ2v) is 13.1. The predicted molar refractivity (Wildman–Crippen MR) is 139 cm³/mol. The van der Waals surface area contributed by atoms with Crippen molar-refractivity contribution in [3.05, 3.63) is 0 Å². The molecule has 200 valence electrons. The molecule has 0 N–H and O–H groups in total. The van der Waals surface area contributed by atoms with Gasteiger partial charge in [0.1, 0.15) is 0 Å². The van der Waals surface area contributed by atoms with Crippen LogP contribution in [0.15, 0.2) is 0 Å². The van der Waals surface area contributed by atoms with Gasteiger partial charge in [0.2, 0.25) is 0 Å². The number of ether oxygens (including phenoxy) is 3. The van der Waals surface area contributed by atoms with Crippen LogP contribution in [0.25, 0.3) is 0 Å². The van der Waals surface area contributed by atoms with Crippen molar-refractivity contribution in [2.75, 3.05) is 32.9 Å². The first kappa shape index (κ1) is 25.1. The Balaban J connectivity index is 1.07. The van der Waals surface area contributed by atoms with Crippen molar-refractivity contribution < 1.29 is 14.2 Å². The van der Waals surface area contributed by atoms with E-state index in [9.17, 15) is 0 Å². The summed E-state index contributed by atoms with van der Waals surface area (Å²) < 4.78 is 18.8. The summed E-state index contributed by atoms with van der Waals surface area (Å²) in [6, 6.07) is 4.37. The Bertz CT molecular complexity index is 721. The fourth-order valence-electron chi connectivity index (χ4n) is 8.97. The van der Waals surface area contributed by atoms with Gasteiger partial charge < -0.3 is 14.2 Å². The summed E-state index contributed by atoms with van der Waals surface area (Å²) in [5, 5.41) is 0. The van der Waals surface area contributed by atoms with Gasteiger partial charge in [0.25, 0.3) is 0 Å². The molecule has 35 heavy (non-hydrogen) atoms. The van der Waals surface area contributed by atoms with Gasteiger partial charge in [-0.15, -0.1) is 0 Å². The van der Waals surface area contributed by atoms with Crippen LogP contribution in [-0.2, 0) is 14.2 Å². The van der Waals surface area contributed by atoms with E-state index in [0.29, 0.717) is 66.5 Å². The molecule has 0 amide bonds. The summed E-state index contributed by atoms with van der Waals surface area (Å²) >= 11 is 0. The smallest absolute Gasteiger partial charge is 0.0734 e. The quantitative estimate of drug-likeness (QED) is 0.540. The maximum atomic E-state index is 6.54. The lowest BCUT2D eigenvalue weighted by Gasteiger charge is -2.52. The fourth-order valence-corrected chi connectivity index (χ4v) is 8.97. The third-order valence-corrected chi connectivity index (χ3v) is 10.7. The Morgan fingerprint density at radius 3 is 2.29 bits per heavy atom. The summed E-state index contributed by atoms with van der Waals surface area (Å²) in [7, 11) is 0. The zero-order valence-electron chi connectivity index (χ0n) is 22.8. The van der Waals surface area contributed by atoms with E-state index >= 15 is 0 Å². The van der Waals surface area contributed by atoms with Crippen LogP contribution in [0.2, 0.25) is 0 Å². The Hall–Kier alpha value is -0.240. The second kappa shape index (κ2) is 10.5. The van der Waals surface area contributed by atoms with Gasteiger partial charge in [0.15, 0.2) is 0 Å². The molecule has 6 fully saturated rings. The summed E-state index contributed by atoms with van der Waals surface area (Å²) in [4.78, 5) is 8.46. The first-order chi connectivity index (χ1) is 17.0. The first-order valence-electron chi connectivity index (χ1n) is 15.1. The van der Waals surface area contributed by atoms with Crippen molar-refractivity contribution in [2.45, 2.75) is 146 Å². The van der Waals surface area contributed by atoms with Gasteiger partial charge in [-0.3, -0.25) is 14.7 Å². The molecule has 0 spiro atoms. The van der Waals surface area contributed by atoms with Crippen LogP contribution in [0.5, 0.6) is 0 Å². The minimum Gasteiger partial charge on any atom is -0.375 e. The average Bonchev–Trinajstić information content (AvgIpc) is 3.61. The van der Waals surface area contributed by atoms with Crippen molar-refractivity contribution in [1.29, 1.82) is 0 Å². The molecule has 0 aromatic rings. The van der Waals surface area contributed by atoms with Crippen LogP contribution >= 0.6 is 0 Å². The highest BCUT2D eigenvalue weighted by molar-refractivity contribution is 5.03. The molecule has 0 aromatic carbocycles. The monoisotopic (exact) mass is 489 g/mol. The van der Waals surface area contributed by atoms with E-state index in [0.717, 1.165) is 32.9 Å². The van der Waals surface area contributed by atoms with Gasteiger partial charge in [-0.2, -0.15) is 0 Å². The number of hydrogen-bond acceptors (Lipinski definition) is 6. The zero-order valence-corrected chi connectivity index (χ0v) is 22.8. The van der Waals surface area contributed by atoms with Crippen molar-refractivity contribution in [2.24, 2.45) is 5.92 Å². The topological polar surface area (TPSA) is 37.4 Å². The van der Waals surface area contributed by atoms with Crippen LogP contribution in [0.4, 0.5) is 0 Å². The van der Waals surface area contributed by atoms with Gasteiger partial charge in [0.05, 0.1) is 38.1 Å². The van der Waals surface area contributed by atoms with E-state index in [1.165, 1.54) is 57.8 Å². The number of morpholine rings is 3. The molecule has 4 aliphatic heterocycles. The maximum absolute atomic E-state index is 6.54. The lowest BCUT2D eigenvalue weighted by Crippen LogP contribution is -2.61. The molecule has 6 nitrogen and oxygen atoms in total. The lowest BCUT2D eigenvalue weighted by atomic mass is 9.84. The molecule has 4 heterocycles. The van der Waals surface area contributed by atoms with Crippen LogP contribution in [-0.4, -0.2) is 108 Å². The summed E-state index contributed by atoms with van der Waals surface area (Å²) in [5.74, 6) is 0.696. The highest BCUT2D eigenvalue weighted by atomic mass is 16.5. The molecule has 2 saturated carbocycles. The molecule has 0 radical (unpaired) electrons. The number of nitrogens with zero attached hydrogens (tertiary/aromatic N) is 3. The molecule has 6 rings (SSSR count). The highest BCUT2D eigenvalue weighted by Crippen LogP contribution is 2.43. The normalized spacial score (nSPS) is 44.5. The second-order valence-electron chi connectivity index (χ2n) is 13.1. The van der Waals surface area contributed by atoms with Gasteiger partial charge in [-0.1, -0.05) is 12.8 Å². The van der Waals surface area contributed by atoms with Crippen LogP contribution in [0.1, 0.15) is 85.5 Å². The Morgan fingerprint density at radius 1 is 0.743 bits per heavy atom. The van der Waals surface area contributed by atoms with Crippen molar-refractivity contribution in [3.63, 3.8) is 0 Å². The molecule has 6 aliphatic rings. The number of rotatable bonds is 7. The van der Waals surface area contributed by atoms with Gasteiger partial charge in [-0.25, -0.2) is 0 Å². The van der Waals surface area contributed by atoms with Gasteiger partial charge in [0, 0.05) is 55.4 Å². The van der Waals surface area contributed by atoms with Crippen LogP contribution < -0.4 is 0 Å². The minimum absolute atomic E-state index is 0.415. The number of likely N-dealkylation sites (tertiary alicyclic amines) is 1. The van der Waals surface area contributed by atoms with Crippen molar-refractivity contribution >= 4 is 0 Å². The molecule has 10 unspecified atom stereocenters. The fraction of sp³-hybridized carbons (Fsp3) is 1.00. The Labute approximate surface area is 214 Å². The average molecular weight is 490 g/mol. The summed E-state index contributed by atoms with van der Waals surface area (Å²) in [6.45, 7) is 14.8. The minimum atomic E-state index is 0.415. The Kier molecular flexibility index (Phi) is 7.51. The third-order valence-electron chi connectivity index (χ3n) is 10.7. The third kappa shape index (κ3) is 4.85. The van der Waals surface area contributed by atoms with Crippen molar-refractivity contribution in [3.8, 4) is 0 Å². The van der Waals surface area contributed by atoms with Crippen LogP contribution in [0, 0.1) is 5.92 Å². The molecule has 0 aromatic heterocycles. The summed E-state index contributed by atoms with van der Waals surface area (Å²) in [5.41, 5.74) is 0. The van der Waals surface area contributed by atoms with Gasteiger partial charge in [-0.05, 0) is 78.6 Å². The molecule has 4 saturated heterocycles. The standard InChI is InChI=1S/C29H51N3O3/c1-19(2)32-25-7-5-6-8-28(25)35-18-27(32)22-13-26-29(14-22)33-12-11-30(26)20(3)9-10-21(4)31-16-24-15-23(31)17-34-24/h19-29H,5-18H2,1-4H3.